The molecule has 0 amide bonds. The Bertz CT molecular complexity index is 476. The van der Waals surface area contributed by atoms with E-state index < -0.39 is 0 Å². The zero-order valence-corrected chi connectivity index (χ0v) is 10.3. The Kier molecular flexibility index (Phi) is 3.78. The zero-order chi connectivity index (χ0) is 13.0. The third-order valence-corrected chi connectivity index (χ3v) is 3.51. The molecule has 1 N–H and O–H groups in total. The standard InChI is InChI=1S/C15H17N3/c1-3-4-5-11(2)8-14-13-7-6-12(9-16)18-17-10-15(13)14/h3-6,10,13-15,18H,1-2,7-8H2/b5-4-,12-6+,17-10+/t13-,14-,15-/m0/s1. The van der Waals surface area contributed by atoms with Crippen LogP contribution in [0.3, 0.4) is 0 Å². The van der Waals surface area contributed by atoms with E-state index in [4.69, 9.17) is 5.26 Å². The summed E-state index contributed by atoms with van der Waals surface area (Å²) in [4.78, 5) is 0. The number of allylic oxidation sites excluding steroid dienone is 6. The first-order valence-corrected chi connectivity index (χ1v) is 6.12. The van der Waals surface area contributed by atoms with Crippen molar-refractivity contribution in [3.8, 4) is 6.07 Å². The van der Waals surface area contributed by atoms with Crippen molar-refractivity contribution in [1.29, 1.82) is 5.26 Å². The van der Waals surface area contributed by atoms with Gasteiger partial charge in [-0.2, -0.15) is 10.4 Å². The van der Waals surface area contributed by atoms with Gasteiger partial charge in [0.1, 0.15) is 11.8 Å². The Labute approximate surface area is 108 Å². The molecule has 0 bridgehead atoms. The molecule has 0 saturated heterocycles. The third kappa shape index (κ3) is 2.78. The van der Waals surface area contributed by atoms with E-state index in [9.17, 15) is 0 Å². The lowest BCUT2D eigenvalue weighted by molar-refractivity contribution is 0.704. The van der Waals surface area contributed by atoms with Crippen LogP contribution in [0.1, 0.15) is 12.8 Å². The van der Waals surface area contributed by atoms with Crippen LogP contribution in [-0.4, -0.2) is 6.21 Å². The molecule has 1 aliphatic heterocycles. The Morgan fingerprint density at radius 2 is 2.50 bits per heavy atom. The van der Waals surface area contributed by atoms with E-state index in [2.05, 4.69) is 29.8 Å². The molecule has 0 unspecified atom stereocenters. The van der Waals surface area contributed by atoms with E-state index >= 15 is 0 Å². The maximum absolute atomic E-state index is 8.83. The van der Waals surface area contributed by atoms with Gasteiger partial charge in [0, 0.05) is 12.1 Å². The van der Waals surface area contributed by atoms with Gasteiger partial charge < -0.3 is 0 Å². The van der Waals surface area contributed by atoms with Crippen molar-refractivity contribution in [2.75, 3.05) is 0 Å². The molecule has 2 aliphatic rings. The molecule has 1 fully saturated rings. The van der Waals surface area contributed by atoms with Gasteiger partial charge in [0.15, 0.2) is 0 Å². The smallest absolute Gasteiger partial charge is 0.129 e. The fourth-order valence-electron chi connectivity index (χ4n) is 2.45. The Hall–Kier alpha value is -2.08. The van der Waals surface area contributed by atoms with Gasteiger partial charge in [-0.25, -0.2) is 0 Å². The van der Waals surface area contributed by atoms with Crippen LogP contribution < -0.4 is 5.43 Å². The molecule has 0 aromatic heterocycles. The van der Waals surface area contributed by atoms with E-state index in [1.54, 1.807) is 6.08 Å². The molecule has 1 saturated carbocycles. The molecule has 2 rings (SSSR count). The Balaban J connectivity index is 1.94. The number of nitrogens with one attached hydrogen (secondary N) is 1. The maximum Gasteiger partial charge on any atom is 0.129 e. The van der Waals surface area contributed by atoms with E-state index in [1.807, 2.05) is 24.4 Å². The van der Waals surface area contributed by atoms with Crippen molar-refractivity contribution in [2.45, 2.75) is 12.8 Å². The molecule has 18 heavy (non-hydrogen) atoms. The molecule has 0 aromatic carbocycles. The van der Waals surface area contributed by atoms with Gasteiger partial charge in [0.05, 0.1) is 0 Å². The summed E-state index contributed by atoms with van der Waals surface area (Å²) in [5.74, 6) is 1.72. The Morgan fingerprint density at radius 1 is 1.67 bits per heavy atom. The zero-order valence-electron chi connectivity index (χ0n) is 10.3. The summed E-state index contributed by atoms with van der Waals surface area (Å²) >= 11 is 0. The predicted molar refractivity (Wildman–Crippen MR) is 73.5 cm³/mol. The molecule has 0 aromatic rings. The number of hydrogen-bond acceptors (Lipinski definition) is 3. The number of fused-ring (bicyclic) bond motifs is 1. The van der Waals surface area contributed by atoms with Crippen LogP contribution in [0, 0.1) is 29.1 Å². The Morgan fingerprint density at radius 3 is 3.22 bits per heavy atom. The lowest BCUT2D eigenvalue weighted by Gasteiger charge is -1.99. The first kappa shape index (κ1) is 12.4. The number of nitrogens with zero attached hydrogens (tertiary/aromatic N) is 2. The van der Waals surface area contributed by atoms with Crippen LogP contribution in [0.15, 0.2) is 53.8 Å². The topological polar surface area (TPSA) is 48.2 Å². The van der Waals surface area contributed by atoms with Gasteiger partial charge in [-0.1, -0.05) is 37.0 Å². The SMILES string of the molecule is C=C/C=C\C(=C)C[C@@H]1[C@H]2/C=N/N/C(C#N)=C/C[C@H]21. The quantitative estimate of drug-likeness (QED) is 0.767. The second-order valence-electron chi connectivity index (χ2n) is 4.72. The van der Waals surface area contributed by atoms with Crippen LogP contribution in [0.2, 0.25) is 0 Å². The van der Waals surface area contributed by atoms with Crippen LogP contribution in [-0.2, 0) is 0 Å². The van der Waals surface area contributed by atoms with E-state index in [-0.39, 0.29) is 0 Å². The summed E-state index contributed by atoms with van der Waals surface area (Å²) in [6.45, 7) is 7.69. The maximum atomic E-state index is 8.83. The molecule has 3 nitrogen and oxygen atoms in total. The minimum Gasteiger partial charge on any atom is -0.269 e. The summed E-state index contributed by atoms with van der Waals surface area (Å²) in [6.07, 6.45) is 11.5. The van der Waals surface area contributed by atoms with Crippen molar-refractivity contribution in [3.05, 3.63) is 48.7 Å². The second kappa shape index (κ2) is 5.50. The highest BCUT2D eigenvalue weighted by atomic mass is 15.3. The molecular weight excluding hydrogens is 222 g/mol. The van der Waals surface area contributed by atoms with Crippen LogP contribution in [0.25, 0.3) is 0 Å². The average molecular weight is 239 g/mol. The average Bonchev–Trinajstić information content (AvgIpc) is 2.97. The fourth-order valence-corrected chi connectivity index (χ4v) is 2.45. The van der Waals surface area contributed by atoms with E-state index in [0.717, 1.165) is 18.4 Å². The van der Waals surface area contributed by atoms with Gasteiger partial charge in [0.2, 0.25) is 0 Å². The molecule has 0 radical (unpaired) electrons. The highest BCUT2D eigenvalue weighted by Gasteiger charge is 2.48. The fraction of sp³-hybridized carbons (Fsp3) is 0.333. The third-order valence-electron chi connectivity index (χ3n) is 3.51. The molecule has 3 atom stereocenters. The summed E-state index contributed by atoms with van der Waals surface area (Å²) < 4.78 is 0. The molecule has 1 heterocycles. The largest absolute Gasteiger partial charge is 0.269 e. The monoisotopic (exact) mass is 239 g/mol. The first-order valence-electron chi connectivity index (χ1n) is 6.12. The minimum atomic E-state index is 0.517. The molecule has 0 spiro atoms. The van der Waals surface area contributed by atoms with Crippen molar-refractivity contribution < 1.29 is 0 Å². The van der Waals surface area contributed by atoms with E-state index in [0.29, 0.717) is 23.5 Å². The van der Waals surface area contributed by atoms with Crippen molar-refractivity contribution in [2.24, 2.45) is 22.9 Å². The highest BCUT2D eigenvalue weighted by molar-refractivity contribution is 5.66. The van der Waals surface area contributed by atoms with Crippen LogP contribution in [0.5, 0.6) is 0 Å². The molecule has 1 aliphatic carbocycles. The number of rotatable bonds is 4. The molecular formula is C15H17N3. The normalized spacial score (nSPS) is 33.9. The number of hydrogen-bond donors (Lipinski definition) is 1. The minimum absolute atomic E-state index is 0.517. The van der Waals surface area contributed by atoms with Gasteiger partial charge in [-0.3, -0.25) is 5.43 Å². The van der Waals surface area contributed by atoms with Crippen LogP contribution >= 0.6 is 0 Å². The van der Waals surface area contributed by atoms with Gasteiger partial charge in [-0.05, 0) is 30.8 Å². The summed E-state index contributed by atoms with van der Waals surface area (Å²) in [5.41, 5.74) is 4.42. The van der Waals surface area contributed by atoms with Gasteiger partial charge >= 0.3 is 0 Å². The van der Waals surface area contributed by atoms with Crippen molar-refractivity contribution in [1.82, 2.24) is 5.43 Å². The first-order chi connectivity index (χ1) is 8.76. The predicted octanol–water partition coefficient (Wildman–Crippen LogP) is 2.92. The number of nitriles is 1. The molecule has 3 heteroatoms. The summed E-state index contributed by atoms with van der Waals surface area (Å²) in [6, 6.07) is 2.09. The molecule has 92 valence electrons. The van der Waals surface area contributed by atoms with Gasteiger partial charge in [0.25, 0.3) is 0 Å². The summed E-state index contributed by atoms with van der Waals surface area (Å²) in [5, 5.41) is 12.9. The van der Waals surface area contributed by atoms with Crippen LogP contribution in [0.4, 0.5) is 0 Å². The summed E-state index contributed by atoms with van der Waals surface area (Å²) in [7, 11) is 0. The van der Waals surface area contributed by atoms with Gasteiger partial charge in [-0.15, -0.1) is 0 Å². The second-order valence-corrected chi connectivity index (χ2v) is 4.72. The lowest BCUT2D eigenvalue weighted by Crippen LogP contribution is -2.06. The lowest BCUT2D eigenvalue weighted by atomic mass is 10.1. The van der Waals surface area contributed by atoms with Crippen molar-refractivity contribution in [3.63, 3.8) is 0 Å². The van der Waals surface area contributed by atoms with E-state index in [1.165, 1.54) is 0 Å². The highest BCUT2D eigenvalue weighted by Crippen LogP contribution is 2.51. The van der Waals surface area contributed by atoms with Crippen molar-refractivity contribution >= 4 is 6.21 Å². The number of hydrazone groups is 1.